The standard InChI is InChI=1S/C21H30NO.H2O/c1-3-5-16-22(23,17-6-4-2)18-20-14-10-11-15-21(20)19-12-8-7-9-13-19;/h7-15,23H,3-6,16-18H2,1-2H3;1H2/q+1;/p-1. The number of rotatable bonds is 9. The molecule has 2 aromatic carbocycles. The zero-order valence-electron chi connectivity index (χ0n) is 15.0. The van der Waals surface area contributed by atoms with Gasteiger partial charge >= 0.3 is 0 Å². The van der Waals surface area contributed by atoms with Crippen LogP contribution >= 0.6 is 0 Å². The van der Waals surface area contributed by atoms with Crippen molar-refractivity contribution in [1.29, 1.82) is 0 Å². The summed E-state index contributed by atoms with van der Waals surface area (Å²) in [5.74, 6) is 0. The molecule has 2 N–H and O–H groups in total. The minimum absolute atomic E-state index is 0. The first-order valence-electron chi connectivity index (χ1n) is 8.90. The Labute approximate surface area is 146 Å². The molecule has 24 heavy (non-hydrogen) atoms. The summed E-state index contributed by atoms with van der Waals surface area (Å²) in [5, 5.41) is 11.1. The lowest BCUT2D eigenvalue weighted by Gasteiger charge is -2.31. The summed E-state index contributed by atoms with van der Waals surface area (Å²) in [6.45, 7) is 6.72. The molecule has 0 amide bonds. The van der Waals surface area contributed by atoms with Crippen molar-refractivity contribution in [3.63, 3.8) is 0 Å². The van der Waals surface area contributed by atoms with Gasteiger partial charge in [0.25, 0.3) is 0 Å². The molecule has 0 aliphatic rings. The summed E-state index contributed by atoms with van der Waals surface area (Å²) in [7, 11) is 0. The summed E-state index contributed by atoms with van der Waals surface area (Å²) in [6.07, 6.45) is 4.36. The third kappa shape index (κ3) is 5.75. The predicted octanol–water partition coefficient (Wildman–Crippen LogP) is 5.48. The summed E-state index contributed by atoms with van der Waals surface area (Å²) < 4.78 is 0.158. The van der Waals surface area contributed by atoms with E-state index in [0.29, 0.717) is 6.54 Å². The molecule has 0 unspecified atom stereocenters. The van der Waals surface area contributed by atoms with Crippen molar-refractivity contribution in [2.45, 2.75) is 46.1 Å². The van der Waals surface area contributed by atoms with E-state index in [-0.39, 0.29) is 10.1 Å². The van der Waals surface area contributed by atoms with E-state index in [1.165, 1.54) is 16.7 Å². The third-order valence-corrected chi connectivity index (χ3v) is 4.42. The number of hydroxylamine groups is 3. The van der Waals surface area contributed by atoms with Crippen LogP contribution in [0, 0.1) is 0 Å². The van der Waals surface area contributed by atoms with Crippen molar-refractivity contribution in [2.24, 2.45) is 0 Å². The van der Waals surface area contributed by atoms with Gasteiger partial charge in [-0.3, -0.25) is 0 Å². The molecule has 0 bridgehead atoms. The fourth-order valence-electron chi connectivity index (χ4n) is 3.05. The topological polar surface area (TPSA) is 50.2 Å². The number of quaternary nitrogens is 1. The Hall–Kier alpha value is -1.68. The monoisotopic (exact) mass is 329 g/mol. The molecular formula is C21H31NO2. The normalized spacial score (nSPS) is 11.1. The van der Waals surface area contributed by atoms with Gasteiger partial charge < -0.3 is 5.48 Å². The second-order valence-electron chi connectivity index (χ2n) is 6.43. The molecule has 2 rings (SSSR count). The van der Waals surface area contributed by atoms with Crippen LogP contribution in [0.3, 0.4) is 0 Å². The van der Waals surface area contributed by atoms with Crippen LogP contribution in [0.5, 0.6) is 0 Å². The van der Waals surface area contributed by atoms with Crippen molar-refractivity contribution in [2.75, 3.05) is 13.1 Å². The van der Waals surface area contributed by atoms with Gasteiger partial charge in [-0.25, -0.2) is 5.21 Å². The van der Waals surface area contributed by atoms with Gasteiger partial charge in [0.15, 0.2) is 0 Å². The highest BCUT2D eigenvalue weighted by Crippen LogP contribution is 2.26. The Morgan fingerprint density at radius 3 is 1.92 bits per heavy atom. The molecule has 132 valence electrons. The SMILES string of the molecule is CCCC[N+](O)(CCCC)Cc1ccccc1-c1ccccc1.[OH-]. The largest absolute Gasteiger partial charge is 0.870 e. The molecule has 0 fully saturated rings. The average molecular weight is 329 g/mol. The van der Waals surface area contributed by atoms with Crippen molar-refractivity contribution in [3.8, 4) is 11.1 Å². The lowest BCUT2D eigenvalue weighted by molar-refractivity contribution is -1.11. The summed E-state index contributed by atoms with van der Waals surface area (Å²) in [6, 6.07) is 18.9. The van der Waals surface area contributed by atoms with E-state index in [1.807, 2.05) is 6.07 Å². The van der Waals surface area contributed by atoms with E-state index in [0.717, 1.165) is 38.8 Å². The highest BCUT2D eigenvalue weighted by atomic mass is 16.5. The number of hydrogen-bond donors (Lipinski definition) is 1. The number of unbranched alkanes of at least 4 members (excludes halogenated alkanes) is 2. The van der Waals surface area contributed by atoms with Crippen molar-refractivity contribution >= 4 is 0 Å². The number of benzene rings is 2. The van der Waals surface area contributed by atoms with Gasteiger partial charge in [0.1, 0.15) is 19.6 Å². The molecule has 0 aromatic heterocycles. The van der Waals surface area contributed by atoms with Gasteiger partial charge in [0, 0.05) is 5.56 Å². The van der Waals surface area contributed by atoms with Crippen LogP contribution in [0.15, 0.2) is 54.6 Å². The van der Waals surface area contributed by atoms with E-state index >= 15 is 0 Å². The molecule has 0 radical (unpaired) electrons. The maximum atomic E-state index is 11.1. The first kappa shape index (κ1) is 20.4. The Morgan fingerprint density at radius 1 is 0.792 bits per heavy atom. The minimum atomic E-state index is 0. The van der Waals surface area contributed by atoms with Crippen molar-refractivity contribution in [1.82, 2.24) is 0 Å². The summed E-state index contributed by atoms with van der Waals surface area (Å²) in [5.41, 5.74) is 3.69. The van der Waals surface area contributed by atoms with E-state index in [9.17, 15) is 5.21 Å². The quantitative estimate of drug-likeness (QED) is 0.489. The fourth-order valence-corrected chi connectivity index (χ4v) is 3.05. The van der Waals surface area contributed by atoms with Crippen LogP contribution in [-0.2, 0) is 6.54 Å². The van der Waals surface area contributed by atoms with Crippen LogP contribution in [0.2, 0.25) is 0 Å². The lowest BCUT2D eigenvalue weighted by Crippen LogP contribution is -2.45. The van der Waals surface area contributed by atoms with Gasteiger partial charge in [0.2, 0.25) is 0 Å². The van der Waals surface area contributed by atoms with Gasteiger partial charge in [-0.05, 0) is 24.0 Å². The molecule has 0 heterocycles. The Kier molecular flexibility index (Phi) is 8.69. The van der Waals surface area contributed by atoms with Gasteiger partial charge in [0.05, 0.1) is 0 Å². The van der Waals surface area contributed by atoms with Crippen LogP contribution < -0.4 is 0 Å². The second kappa shape index (κ2) is 10.2. The smallest absolute Gasteiger partial charge is 0.135 e. The predicted molar refractivity (Wildman–Crippen MR) is 99.1 cm³/mol. The second-order valence-corrected chi connectivity index (χ2v) is 6.43. The maximum absolute atomic E-state index is 11.1. The molecular weight excluding hydrogens is 298 g/mol. The molecule has 0 atom stereocenters. The summed E-state index contributed by atoms with van der Waals surface area (Å²) >= 11 is 0. The summed E-state index contributed by atoms with van der Waals surface area (Å²) in [4.78, 5) is 0. The molecule has 3 nitrogen and oxygen atoms in total. The Morgan fingerprint density at radius 2 is 1.33 bits per heavy atom. The van der Waals surface area contributed by atoms with Gasteiger partial charge in [-0.1, -0.05) is 81.3 Å². The molecule has 3 heteroatoms. The van der Waals surface area contributed by atoms with E-state index < -0.39 is 0 Å². The lowest BCUT2D eigenvalue weighted by atomic mass is 9.99. The third-order valence-electron chi connectivity index (χ3n) is 4.42. The van der Waals surface area contributed by atoms with Crippen LogP contribution in [0.25, 0.3) is 11.1 Å². The van der Waals surface area contributed by atoms with Crippen LogP contribution in [0.1, 0.15) is 45.1 Å². The van der Waals surface area contributed by atoms with Crippen molar-refractivity contribution in [3.05, 3.63) is 60.2 Å². The van der Waals surface area contributed by atoms with Gasteiger partial charge in [-0.2, -0.15) is 4.65 Å². The molecule has 0 aliphatic carbocycles. The molecule has 2 aromatic rings. The zero-order valence-corrected chi connectivity index (χ0v) is 15.0. The number of hydrogen-bond acceptors (Lipinski definition) is 2. The molecule has 0 spiro atoms. The van der Waals surface area contributed by atoms with Crippen molar-refractivity contribution < 1.29 is 15.3 Å². The number of nitrogens with zero attached hydrogens (tertiary/aromatic N) is 1. The average Bonchev–Trinajstić information content (AvgIpc) is 2.60. The molecule has 0 aliphatic heterocycles. The van der Waals surface area contributed by atoms with Crippen LogP contribution in [0.4, 0.5) is 0 Å². The Balaban J connectivity index is 0.00000288. The Bertz CT molecular complexity index is 575. The van der Waals surface area contributed by atoms with Gasteiger partial charge in [-0.15, -0.1) is 0 Å². The van der Waals surface area contributed by atoms with E-state index in [4.69, 9.17) is 0 Å². The van der Waals surface area contributed by atoms with E-state index in [2.05, 4.69) is 62.4 Å². The molecule has 0 saturated carbocycles. The minimum Gasteiger partial charge on any atom is -0.870 e. The highest BCUT2D eigenvalue weighted by Gasteiger charge is 2.26. The fraction of sp³-hybridized carbons (Fsp3) is 0.429. The van der Waals surface area contributed by atoms with Crippen LogP contribution in [-0.4, -0.2) is 28.4 Å². The first-order chi connectivity index (χ1) is 11.2. The maximum Gasteiger partial charge on any atom is 0.135 e. The highest BCUT2D eigenvalue weighted by molar-refractivity contribution is 5.66. The first-order valence-corrected chi connectivity index (χ1v) is 8.90. The molecule has 0 saturated heterocycles. The zero-order chi connectivity index (χ0) is 16.5. The van der Waals surface area contributed by atoms with E-state index in [1.54, 1.807) is 0 Å².